The fraction of sp³-hybridized carbons (Fsp3) is 0.870. The second-order valence-electron chi connectivity index (χ2n) is 8.72. The van der Waals surface area contributed by atoms with Gasteiger partial charge in [0.05, 0.1) is 44.5 Å². The van der Waals surface area contributed by atoms with Gasteiger partial charge in [-0.05, 0) is 69.6 Å². The van der Waals surface area contributed by atoms with Crippen molar-refractivity contribution in [1.29, 1.82) is 5.26 Å². The van der Waals surface area contributed by atoms with Gasteiger partial charge in [0, 0.05) is 18.8 Å². The van der Waals surface area contributed by atoms with E-state index in [1.165, 1.54) is 0 Å². The molecule has 0 aromatic carbocycles. The molecule has 30 heavy (non-hydrogen) atoms. The molecule has 0 aliphatic heterocycles. The van der Waals surface area contributed by atoms with Gasteiger partial charge in [0.25, 0.3) is 0 Å². The molecule has 0 N–H and O–H groups in total. The summed E-state index contributed by atoms with van der Waals surface area (Å²) in [4.78, 5) is 24.1. The highest BCUT2D eigenvalue weighted by atomic mass is 19.1. The summed E-state index contributed by atoms with van der Waals surface area (Å²) in [6.45, 7) is -0.663. The van der Waals surface area contributed by atoms with Crippen LogP contribution in [0.4, 0.5) is 8.78 Å². The van der Waals surface area contributed by atoms with E-state index in [-0.39, 0.29) is 55.7 Å². The van der Waals surface area contributed by atoms with E-state index in [0.717, 1.165) is 57.8 Å². The minimum Gasteiger partial charge on any atom is -0.465 e. The monoisotopic (exact) mass is 427 g/mol. The summed E-state index contributed by atoms with van der Waals surface area (Å²) in [5.41, 5.74) is 0. The Bertz CT molecular complexity index is 564. The van der Waals surface area contributed by atoms with E-state index in [1.807, 2.05) is 0 Å². The summed E-state index contributed by atoms with van der Waals surface area (Å²) < 4.78 is 34.5. The molecule has 2 rings (SSSR count). The SMILES string of the molecule is N#CC(C[C@H]1CC[C@H](C(=O)OCCCF)CC1)[C@H]1CC[C@H](C(=O)OCCCF)CC1. The van der Waals surface area contributed by atoms with E-state index in [4.69, 9.17) is 9.47 Å². The molecule has 2 saturated carbocycles. The number of hydrogen-bond acceptors (Lipinski definition) is 5. The number of ether oxygens (including phenoxy) is 2. The lowest BCUT2D eigenvalue weighted by atomic mass is 9.71. The highest BCUT2D eigenvalue weighted by Gasteiger charge is 2.34. The van der Waals surface area contributed by atoms with Crippen molar-refractivity contribution >= 4 is 11.9 Å². The van der Waals surface area contributed by atoms with E-state index in [0.29, 0.717) is 11.8 Å². The molecule has 170 valence electrons. The Balaban J connectivity index is 1.70. The number of alkyl halides is 2. The van der Waals surface area contributed by atoms with Crippen LogP contribution in [0.3, 0.4) is 0 Å². The number of hydrogen-bond donors (Lipinski definition) is 0. The second-order valence-corrected chi connectivity index (χ2v) is 8.72. The number of esters is 2. The lowest BCUT2D eigenvalue weighted by Gasteiger charge is -2.33. The van der Waals surface area contributed by atoms with Crippen LogP contribution < -0.4 is 0 Å². The topological polar surface area (TPSA) is 76.4 Å². The number of halogens is 2. The molecule has 0 bridgehead atoms. The van der Waals surface area contributed by atoms with Crippen molar-refractivity contribution in [3.63, 3.8) is 0 Å². The first-order valence-corrected chi connectivity index (χ1v) is 11.4. The van der Waals surface area contributed by atoms with Crippen molar-refractivity contribution in [2.45, 2.75) is 70.6 Å². The van der Waals surface area contributed by atoms with E-state index in [1.54, 1.807) is 0 Å². The predicted molar refractivity (Wildman–Crippen MR) is 108 cm³/mol. The van der Waals surface area contributed by atoms with Gasteiger partial charge in [-0.1, -0.05) is 0 Å². The first kappa shape index (κ1) is 24.6. The Hall–Kier alpha value is -1.71. The van der Waals surface area contributed by atoms with Gasteiger partial charge < -0.3 is 9.47 Å². The first-order valence-electron chi connectivity index (χ1n) is 11.4. The predicted octanol–water partition coefficient (Wildman–Crippen LogP) is 4.93. The van der Waals surface area contributed by atoms with Crippen LogP contribution in [0.15, 0.2) is 0 Å². The summed E-state index contributed by atoms with van der Waals surface area (Å²) in [6, 6.07) is 2.49. The van der Waals surface area contributed by atoms with Gasteiger partial charge in [0.2, 0.25) is 0 Å². The third-order valence-corrected chi connectivity index (χ3v) is 6.65. The Labute approximate surface area is 178 Å². The summed E-state index contributed by atoms with van der Waals surface area (Å²) in [7, 11) is 0. The van der Waals surface area contributed by atoms with E-state index in [2.05, 4.69) is 6.07 Å². The molecule has 2 aliphatic carbocycles. The van der Waals surface area contributed by atoms with E-state index >= 15 is 0 Å². The fourth-order valence-electron chi connectivity index (χ4n) is 4.79. The molecule has 7 heteroatoms. The van der Waals surface area contributed by atoms with Gasteiger partial charge >= 0.3 is 11.9 Å². The zero-order valence-corrected chi connectivity index (χ0v) is 17.8. The standard InChI is InChI=1S/C23H35F2NO4/c24-11-1-13-29-22(27)19-5-3-17(4-6-19)15-21(16-26)18-7-9-20(10-8-18)23(28)30-14-2-12-25/h17-21H,1-15H2/t17-,18-,19-,20-,21?. The average molecular weight is 428 g/mol. The maximum Gasteiger partial charge on any atom is 0.308 e. The smallest absolute Gasteiger partial charge is 0.308 e. The Morgan fingerprint density at radius 2 is 1.30 bits per heavy atom. The summed E-state index contributed by atoms with van der Waals surface area (Å²) in [6.07, 6.45) is 7.87. The normalized spacial score (nSPS) is 27.6. The van der Waals surface area contributed by atoms with Crippen LogP contribution >= 0.6 is 0 Å². The van der Waals surface area contributed by atoms with Crippen LogP contribution in [0.1, 0.15) is 70.6 Å². The molecule has 2 aliphatic rings. The van der Waals surface area contributed by atoms with Crippen molar-refractivity contribution < 1.29 is 27.8 Å². The third kappa shape index (κ3) is 7.85. The number of carbonyl (C=O) groups is 2. The quantitative estimate of drug-likeness (QED) is 0.345. The minimum atomic E-state index is -0.480. The average Bonchev–Trinajstić information content (AvgIpc) is 2.78. The van der Waals surface area contributed by atoms with Gasteiger partial charge in [-0.3, -0.25) is 18.4 Å². The maximum absolute atomic E-state index is 12.1. The molecule has 0 aromatic heterocycles. The molecule has 0 aromatic rings. The van der Waals surface area contributed by atoms with Crippen LogP contribution in [-0.4, -0.2) is 38.5 Å². The van der Waals surface area contributed by atoms with Crippen molar-refractivity contribution in [1.82, 2.24) is 0 Å². The van der Waals surface area contributed by atoms with Crippen LogP contribution in [-0.2, 0) is 19.1 Å². The van der Waals surface area contributed by atoms with E-state index < -0.39 is 13.3 Å². The van der Waals surface area contributed by atoms with Gasteiger partial charge in [-0.2, -0.15) is 5.26 Å². The molecule has 5 nitrogen and oxygen atoms in total. The van der Waals surface area contributed by atoms with Crippen molar-refractivity contribution in [3.05, 3.63) is 0 Å². The molecular formula is C23H35F2NO4. The number of nitriles is 1. The molecular weight excluding hydrogens is 392 g/mol. The first-order chi connectivity index (χ1) is 14.6. The molecule has 1 atom stereocenters. The summed E-state index contributed by atoms with van der Waals surface area (Å²) in [5.74, 6) is 0.0506. The molecule has 1 unspecified atom stereocenters. The summed E-state index contributed by atoms with van der Waals surface area (Å²) in [5, 5.41) is 9.71. The van der Waals surface area contributed by atoms with E-state index in [9.17, 15) is 23.6 Å². The molecule has 0 radical (unpaired) electrons. The van der Waals surface area contributed by atoms with Gasteiger partial charge in [-0.15, -0.1) is 0 Å². The second kappa shape index (κ2) is 13.6. The van der Waals surface area contributed by atoms with Gasteiger partial charge in [-0.25, -0.2) is 0 Å². The highest BCUT2D eigenvalue weighted by molar-refractivity contribution is 5.72. The van der Waals surface area contributed by atoms with Crippen molar-refractivity contribution in [2.75, 3.05) is 26.6 Å². The van der Waals surface area contributed by atoms with Gasteiger partial charge in [0.1, 0.15) is 0 Å². The van der Waals surface area contributed by atoms with Crippen LogP contribution in [0.5, 0.6) is 0 Å². The maximum atomic E-state index is 12.1. The fourth-order valence-corrected chi connectivity index (χ4v) is 4.79. The van der Waals surface area contributed by atoms with Crippen LogP contribution in [0, 0.1) is 40.9 Å². The van der Waals surface area contributed by atoms with Crippen molar-refractivity contribution in [2.24, 2.45) is 29.6 Å². The third-order valence-electron chi connectivity index (χ3n) is 6.65. The zero-order chi connectivity index (χ0) is 21.8. The Morgan fingerprint density at radius 3 is 1.73 bits per heavy atom. The number of rotatable bonds is 11. The van der Waals surface area contributed by atoms with Crippen molar-refractivity contribution in [3.8, 4) is 6.07 Å². The van der Waals surface area contributed by atoms with Gasteiger partial charge in [0.15, 0.2) is 0 Å². The Morgan fingerprint density at radius 1 is 0.833 bits per heavy atom. The van der Waals surface area contributed by atoms with Crippen LogP contribution in [0.2, 0.25) is 0 Å². The lowest BCUT2D eigenvalue weighted by Crippen LogP contribution is -2.29. The highest BCUT2D eigenvalue weighted by Crippen LogP contribution is 2.40. The number of nitrogens with zero attached hydrogens (tertiary/aromatic N) is 1. The lowest BCUT2D eigenvalue weighted by molar-refractivity contribution is -0.151. The van der Waals surface area contributed by atoms with Crippen LogP contribution in [0.25, 0.3) is 0 Å². The molecule has 0 spiro atoms. The Kier molecular flexibility index (Phi) is 11.1. The molecule has 0 heterocycles. The summed E-state index contributed by atoms with van der Waals surface area (Å²) >= 11 is 0. The largest absolute Gasteiger partial charge is 0.465 e. The molecule has 0 amide bonds. The molecule has 2 fully saturated rings. The molecule has 0 saturated heterocycles. The zero-order valence-electron chi connectivity index (χ0n) is 17.8. The minimum absolute atomic E-state index is 0.0217. The number of carbonyl (C=O) groups excluding carboxylic acids is 2.